The molecule has 0 bridgehead atoms. The Morgan fingerprint density at radius 1 is 1.47 bits per heavy atom. The van der Waals surface area contributed by atoms with Crippen LogP contribution in [-0.2, 0) is 16.0 Å². The number of benzene rings is 1. The van der Waals surface area contributed by atoms with Gasteiger partial charge >= 0.3 is 5.97 Å². The third kappa shape index (κ3) is 4.94. The van der Waals surface area contributed by atoms with Crippen molar-refractivity contribution in [3.8, 4) is 6.07 Å². The van der Waals surface area contributed by atoms with Gasteiger partial charge in [0.05, 0.1) is 24.3 Å². The topological polar surface area (TPSA) is 62.4 Å². The van der Waals surface area contributed by atoms with Crippen LogP contribution in [0.1, 0.15) is 19.4 Å². The van der Waals surface area contributed by atoms with Gasteiger partial charge in [-0.05, 0) is 31.5 Å². The van der Waals surface area contributed by atoms with Crippen LogP contribution in [0.5, 0.6) is 0 Å². The highest BCUT2D eigenvalue weighted by Gasteiger charge is 2.00. The van der Waals surface area contributed by atoms with Crippen LogP contribution in [0.2, 0.25) is 0 Å². The molecule has 0 saturated heterocycles. The number of carbonyl (C=O) groups is 1. The Balaban J connectivity index is 2.60. The summed E-state index contributed by atoms with van der Waals surface area (Å²) in [5.41, 5.74) is 1.59. The molecule has 88 valence electrons. The minimum Gasteiger partial charge on any atom is -0.459 e. The summed E-state index contributed by atoms with van der Waals surface area (Å²) < 4.78 is 4.90. The van der Waals surface area contributed by atoms with E-state index in [9.17, 15) is 4.79 Å². The van der Waals surface area contributed by atoms with Crippen molar-refractivity contribution in [3.05, 3.63) is 29.8 Å². The van der Waals surface area contributed by atoms with E-state index in [0.717, 1.165) is 11.8 Å². The van der Waals surface area contributed by atoms with Crippen LogP contribution in [-0.4, -0.2) is 18.3 Å². The predicted octanol–water partition coefficient (Wildman–Crippen LogP) is 2.41. The van der Waals surface area contributed by atoms with Gasteiger partial charge in [-0.15, -0.1) is 0 Å². The van der Waals surface area contributed by atoms with Gasteiger partial charge < -0.3 is 4.74 Å². The normalized spacial score (nSPS) is 10.5. The summed E-state index contributed by atoms with van der Waals surface area (Å²) in [5.74, 6) is -0.457. The SMILES string of the molecule is CC(C)OC(=O)C=Nc1ccc(CC#N)cc1. The van der Waals surface area contributed by atoms with E-state index >= 15 is 0 Å². The van der Waals surface area contributed by atoms with Gasteiger partial charge in [-0.3, -0.25) is 0 Å². The molecule has 1 aromatic carbocycles. The van der Waals surface area contributed by atoms with Crippen LogP contribution >= 0.6 is 0 Å². The van der Waals surface area contributed by atoms with Gasteiger partial charge in [0, 0.05) is 0 Å². The molecule has 0 fully saturated rings. The number of hydrogen-bond donors (Lipinski definition) is 0. The van der Waals surface area contributed by atoms with Gasteiger partial charge in [-0.1, -0.05) is 12.1 Å². The van der Waals surface area contributed by atoms with Crippen molar-refractivity contribution in [1.82, 2.24) is 0 Å². The first-order valence-corrected chi connectivity index (χ1v) is 5.32. The number of carbonyl (C=O) groups excluding carboxylic acids is 1. The second-order valence-corrected chi connectivity index (χ2v) is 3.75. The van der Waals surface area contributed by atoms with Crippen LogP contribution in [0.15, 0.2) is 29.3 Å². The minimum atomic E-state index is -0.457. The summed E-state index contributed by atoms with van der Waals surface area (Å²) in [5, 5.41) is 8.51. The first-order valence-electron chi connectivity index (χ1n) is 5.32. The van der Waals surface area contributed by atoms with Crippen molar-refractivity contribution in [2.75, 3.05) is 0 Å². The molecule has 0 aliphatic rings. The van der Waals surface area contributed by atoms with Gasteiger partial charge in [0.1, 0.15) is 6.21 Å². The molecule has 0 radical (unpaired) electrons. The van der Waals surface area contributed by atoms with E-state index in [1.54, 1.807) is 26.0 Å². The maximum absolute atomic E-state index is 11.2. The molecule has 0 saturated carbocycles. The van der Waals surface area contributed by atoms with E-state index in [0.29, 0.717) is 12.1 Å². The number of aliphatic imine (C=N–C) groups is 1. The van der Waals surface area contributed by atoms with Crippen molar-refractivity contribution in [2.45, 2.75) is 26.4 Å². The largest absolute Gasteiger partial charge is 0.459 e. The smallest absolute Gasteiger partial charge is 0.349 e. The lowest BCUT2D eigenvalue weighted by atomic mass is 10.1. The maximum atomic E-state index is 11.2. The van der Waals surface area contributed by atoms with Crippen molar-refractivity contribution in [2.24, 2.45) is 4.99 Å². The number of rotatable bonds is 4. The summed E-state index contributed by atoms with van der Waals surface area (Å²) in [6, 6.07) is 9.19. The second-order valence-electron chi connectivity index (χ2n) is 3.75. The third-order valence-corrected chi connectivity index (χ3v) is 1.89. The Kier molecular flexibility index (Phi) is 4.89. The van der Waals surface area contributed by atoms with Crippen molar-refractivity contribution < 1.29 is 9.53 Å². The molecule has 17 heavy (non-hydrogen) atoms. The standard InChI is InChI=1S/C13H14N2O2/c1-10(2)17-13(16)9-15-12-5-3-11(4-6-12)7-8-14/h3-6,9-10H,7H2,1-2H3. The fourth-order valence-corrected chi connectivity index (χ4v) is 1.18. The van der Waals surface area contributed by atoms with Crippen LogP contribution in [0.25, 0.3) is 0 Å². The highest BCUT2D eigenvalue weighted by molar-refractivity contribution is 6.23. The Morgan fingerprint density at radius 2 is 2.12 bits per heavy atom. The summed E-state index contributed by atoms with van der Waals surface area (Å²) in [4.78, 5) is 15.2. The predicted molar refractivity (Wildman–Crippen MR) is 65.1 cm³/mol. The zero-order valence-corrected chi connectivity index (χ0v) is 9.88. The van der Waals surface area contributed by atoms with Crippen LogP contribution in [0, 0.1) is 11.3 Å². The molecular formula is C13H14N2O2. The van der Waals surface area contributed by atoms with E-state index in [4.69, 9.17) is 10.00 Å². The zero-order chi connectivity index (χ0) is 12.7. The van der Waals surface area contributed by atoms with Crippen molar-refractivity contribution in [3.63, 3.8) is 0 Å². The fraction of sp³-hybridized carbons (Fsp3) is 0.308. The highest BCUT2D eigenvalue weighted by atomic mass is 16.5. The number of nitriles is 1. The highest BCUT2D eigenvalue weighted by Crippen LogP contribution is 2.12. The Morgan fingerprint density at radius 3 is 2.65 bits per heavy atom. The molecule has 4 heteroatoms. The van der Waals surface area contributed by atoms with Gasteiger partial charge in [-0.25, -0.2) is 9.79 Å². The Labute approximate surface area is 101 Å². The first kappa shape index (κ1) is 12.9. The lowest BCUT2D eigenvalue weighted by Crippen LogP contribution is -2.11. The fourth-order valence-electron chi connectivity index (χ4n) is 1.18. The molecule has 0 aliphatic carbocycles. The molecule has 0 N–H and O–H groups in total. The van der Waals surface area contributed by atoms with E-state index in [-0.39, 0.29) is 6.10 Å². The number of esters is 1. The van der Waals surface area contributed by atoms with Crippen molar-refractivity contribution >= 4 is 17.9 Å². The Hall–Kier alpha value is -2.15. The van der Waals surface area contributed by atoms with E-state index in [1.807, 2.05) is 12.1 Å². The van der Waals surface area contributed by atoms with Crippen LogP contribution < -0.4 is 0 Å². The van der Waals surface area contributed by atoms with Crippen LogP contribution in [0.3, 0.4) is 0 Å². The minimum absolute atomic E-state index is 0.146. The molecule has 0 aliphatic heterocycles. The summed E-state index contributed by atoms with van der Waals surface area (Å²) >= 11 is 0. The van der Waals surface area contributed by atoms with Crippen LogP contribution in [0.4, 0.5) is 5.69 Å². The zero-order valence-electron chi connectivity index (χ0n) is 9.88. The average molecular weight is 230 g/mol. The molecule has 1 aromatic rings. The maximum Gasteiger partial charge on any atom is 0.349 e. The molecule has 0 unspecified atom stereocenters. The third-order valence-electron chi connectivity index (χ3n) is 1.89. The molecule has 4 nitrogen and oxygen atoms in total. The van der Waals surface area contributed by atoms with E-state index < -0.39 is 5.97 Å². The summed E-state index contributed by atoms with van der Waals surface area (Å²) in [7, 11) is 0. The molecular weight excluding hydrogens is 216 g/mol. The van der Waals surface area contributed by atoms with Gasteiger partial charge in [0.2, 0.25) is 0 Å². The summed E-state index contributed by atoms with van der Waals surface area (Å²) in [6.45, 7) is 3.56. The van der Waals surface area contributed by atoms with Gasteiger partial charge in [-0.2, -0.15) is 5.26 Å². The molecule has 1 rings (SSSR count). The van der Waals surface area contributed by atoms with E-state index in [1.165, 1.54) is 0 Å². The number of hydrogen-bond acceptors (Lipinski definition) is 4. The lowest BCUT2D eigenvalue weighted by molar-refractivity contribution is -0.138. The number of nitrogens with zero attached hydrogens (tertiary/aromatic N) is 2. The molecule has 0 spiro atoms. The van der Waals surface area contributed by atoms with Gasteiger partial charge in [0.25, 0.3) is 0 Å². The summed E-state index contributed by atoms with van der Waals surface area (Å²) in [6.07, 6.45) is 1.38. The molecule has 0 heterocycles. The quantitative estimate of drug-likeness (QED) is 0.589. The van der Waals surface area contributed by atoms with E-state index in [2.05, 4.69) is 11.1 Å². The molecule has 0 aromatic heterocycles. The first-order chi connectivity index (χ1) is 8.11. The Bertz CT molecular complexity index is 441. The lowest BCUT2D eigenvalue weighted by Gasteiger charge is -2.03. The monoisotopic (exact) mass is 230 g/mol. The second kappa shape index (κ2) is 6.44. The number of ether oxygens (including phenoxy) is 1. The van der Waals surface area contributed by atoms with Gasteiger partial charge in [0.15, 0.2) is 0 Å². The average Bonchev–Trinajstić information content (AvgIpc) is 2.28. The molecule has 0 atom stereocenters. The van der Waals surface area contributed by atoms with Crippen molar-refractivity contribution in [1.29, 1.82) is 5.26 Å². The molecule has 0 amide bonds.